The predicted octanol–water partition coefficient (Wildman–Crippen LogP) is 1.15. The zero-order valence-corrected chi connectivity index (χ0v) is 16.4. The van der Waals surface area contributed by atoms with Gasteiger partial charge in [0.1, 0.15) is 6.23 Å². The Bertz CT molecular complexity index is 819. The van der Waals surface area contributed by atoms with Crippen molar-refractivity contribution >= 4 is 27.6 Å². The Morgan fingerprint density at radius 3 is 2.26 bits per heavy atom. The molecule has 27 heavy (non-hydrogen) atoms. The molecule has 1 unspecified atom stereocenters. The third kappa shape index (κ3) is 4.19. The molecule has 8 nitrogen and oxygen atoms in total. The van der Waals surface area contributed by atoms with Gasteiger partial charge in [-0.1, -0.05) is 18.2 Å². The molecule has 0 radical (unpaired) electrons. The highest BCUT2D eigenvalue weighted by Gasteiger charge is 2.54. The van der Waals surface area contributed by atoms with Gasteiger partial charge in [0.2, 0.25) is 11.8 Å². The minimum absolute atomic E-state index is 0.0718. The fraction of sp³-hybridized carbons (Fsp3) is 0.500. The zero-order valence-electron chi connectivity index (χ0n) is 15.6. The number of imide groups is 1. The van der Waals surface area contributed by atoms with Gasteiger partial charge in [-0.15, -0.1) is 0 Å². The number of hydrogen-bond acceptors (Lipinski definition) is 7. The number of rotatable bonds is 6. The number of methoxy groups -OCH3 is 1. The van der Waals surface area contributed by atoms with Crippen molar-refractivity contribution in [2.24, 2.45) is 5.92 Å². The minimum atomic E-state index is -4.18. The van der Waals surface area contributed by atoms with Crippen LogP contribution in [0.2, 0.25) is 0 Å². The number of benzene rings is 1. The molecule has 0 aliphatic carbocycles. The number of carbonyl (C=O) groups is 3. The second kappa shape index (κ2) is 8.18. The minimum Gasteiger partial charge on any atom is -0.468 e. The van der Waals surface area contributed by atoms with Crippen molar-refractivity contribution in [3.63, 3.8) is 0 Å². The van der Waals surface area contributed by atoms with Crippen LogP contribution in [0, 0.1) is 5.92 Å². The van der Waals surface area contributed by atoms with E-state index in [9.17, 15) is 22.8 Å². The number of nitrogens with zero attached hydrogens (tertiary/aromatic N) is 1. The van der Waals surface area contributed by atoms with Crippen LogP contribution in [0.1, 0.15) is 27.2 Å². The van der Waals surface area contributed by atoms with Crippen molar-refractivity contribution in [2.75, 3.05) is 7.11 Å². The van der Waals surface area contributed by atoms with Gasteiger partial charge in [-0.05, 0) is 26.0 Å². The number of likely N-dealkylation sites (tertiary alicyclic amines) is 1. The quantitative estimate of drug-likeness (QED) is 0.663. The van der Waals surface area contributed by atoms with Gasteiger partial charge in [-0.3, -0.25) is 19.3 Å². The summed E-state index contributed by atoms with van der Waals surface area (Å²) in [6.07, 6.45) is -1.89. The van der Waals surface area contributed by atoms with Gasteiger partial charge >= 0.3 is 5.97 Å². The van der Waals surface area contributed by atoms with E-state index in [0.29, 0.717) is 0 Å². The average Bonchev–Trinajstić information content (AvgIpc) is 2.90. The number of carbonyl (C=O) groups excluding carboxylic acids is 3. The van der Waals surface area contributed by atoms with E-state index in [0.717, 1.165) is 12.0 Å². The summed E-state index contributed by atoms with van der Waals surface area (Å²) in [4.78, 5) is 37.6. The van der Waals surface area contributed by atoms with Crippen LogP contribution in [-0.2, 0) is 33.7 Å². The molecule has 1 aliphatic heterocycles. The number of amides is 2. The van der Waals surface area contributed by atoms with Crippen molar-refractivity contribution in [1.29, 1.82) is 0 Å². The molecular weight excluding hydrogens is 374 g/mol. The Hall–Kier alpha value is -2.26. The molecule has 1 heterocycles. The van der Waals surface area contributed by atoms with Crippen LogP contribution in [0.4, 0.5) is 0 Å². The summed E-state index contributed by atoms with van der Waals surface area (Å²) in [6, 6.07) is 7.44. The van der Waals surface area contributed by atoms with E-state index in [1.54, 1.807) is 19.9 Å². The Kier molecular flexibility index (Phi) is 6.38. The molecule has 3 atom stereocenters. The Morgan fingerprint density at radius 1 is 1.19 bits per heavy atom. The molecule has 1 aromatic carbocycles. The molecular formula is C18H23NO7S. The molecule has 2 rings (SSSR count). The average molecular weight is 397 g/mol. The Balaban J connectivity index is 2.57. The first kappa shape index (κ1) is 21.0. The molecule has 1 aromatic rings. The third-order valence-electron chi connectivity index (χ3n) is 4.28. The lowest BCUT2D eigenvalue weighted by Gasteiger charge is -2.30. The summed E-state index contributed by atoms with van der Waals surface area (Å²) >= 11 is 0. The standard InChI is InChI=1S/C18H23NO7S/c1-11(2)26-17-14(10-15(21)19(17)12(3)20)16(18(22)25-4)27(23,24)13-8-6-5-7-9-13/h5-9,11,14,16-17H,10H2,1-4H3/t14-,16?,17-/m1/s1. The van der Waals surface area contributed by atoms with E-state index < -0.39 is 51.1 Å². The highest BCUT2D eigenvalue weighted by atomic mass is 32.2. The normalized spacial score (nSPS) is 21.4. The van der Waals surface area contributed by atoms with Crippen LogP contribution in [0.25, 0.3) is 0 Å². The molecule has 1 saturated heterocycles. The van der Waals surface area contributed by atoms with Crippen LogP contribution in [0.5, 0.6) is 0 Å². The van der Waals surface area contributed by atoms with Crippen LogP contribution in [-0.4, -0.2) is 55.8 Å². The molecule has 9 heteroatoms. The molecule has 0 spiro atoms. The summed E-state index contributed by atoms with van der Waals surface area (Å²) < 4.78 is 36.7. The number of ether oxygens (including phenoxy) is 2. The molecule has 0 N–H and O–H groups in total. The van der Waals surface area contributed by atoms with Gasteiger partial charge in [0, 0.05) is 19.3 Å². The second-order valence-corrected chi connectivity index (χ2v) is 8.60. The van der Waals surface area contributed by atoms with Gasteiger partial charge in [0.25, 0.3) is 0 Å². The lowest BCUT2D eigenvalue weighted by atomic mass is 10.0. The van der Waals surface area contributed by atoms with E-state index in [-0.39, 0.29) is 11.3 Å². The Labute approximate surface area is 158 Å². The predicted molar refractivity (Wildman–Crippen MR) is 95.1 cm³/mol. The van der Waals surface area contributed by atoms with Gasteiger partial charge in [0.15, 0.2) is 15.1 Å². The number of sulfone groups is 1. The van der Waals surface area contributed by atoms with E-state index in [4.69, 9.17) is 9.47 Å². The molecule has 1 fully saturated rings. The molecule has 0 aromatic heterocycles. The van der Waals surface area contributed by atoms with E-state index in [1.165, 1.54) is 31.2 Å². The second-order valence-electron chi connectivity index (χ2n) is 6.53. The van der Waals surface area contributed by atoms with Crippen molar-refractivity contribution in [3.8, 4) is 0 Å². The molecule has 0 saturated carbocycles. The highest BCUT2D eigenvalue weighted by molar-refractivity contribution is 7.92. The number of esters is 1. The monoisotopic (exact) mass is 397 g/mol. The summed E-state index contributed by atoms with van der Waals surface area (Å²) in [5.74, 6) is -3.25. The highest BCUT2D eigenvalue weighted by Crippen LogP contribution is 2.36. The van der Waals surface area contributed by atoms with Crippen molar-refractivity contribution in [2.45, 2.75) is 49.7 Å². The lowest BCUT2D eigenvalue weighted by molar-refractivity contribution is -0.159. The van der Waals surface area contributed by atoms with E-state index >= 15 is 0 Å². The topological polar surface area (TPSA) is 107 Å². The van der Waals surface area contributed by atoms with Crippen molar-refractivity contribution in [3.05, 3.63) is 30.3 Å². The van der Waals surface area contributed by atoms with Crippen LogP contribution >= 0.6 is 0 Å². The Morgan fingerprint density at radius 2 is 1.78 bits per heavy atom. The van der Waals surface area contributed by atoms with Crippen molar-refractivity contribution in [1.82, 2.24) is 4.90 Å². The fourth-order valence-corrected chi connectivity index (χ4v) is 5.06. The van der Waals surface area contributed by atoms with Gasteiger partial charge < -0.3 is 9.47 Å². The van der Waals surface area contributed by atoms with Gasteiger partial charge in [-0.2, -0.15) is 0 Å². The molecule has 2 amide bonds. The van der Waals surface area contributed by atoms with Gasteiger partial charge in [0.05, 0.1) is 18.1 Å². The summed E-state index contributed by atoms with van der Waals surface area (Å²) in [5.41, 5.74) is 0. The van der Waals surface area contributed by atoms with E-state index in [2.05, 4.69) is 0 Å². The molecule has 0 bridgehead atoms. The first-order chi connectivity index (χ1) is 12.6. The van der Waals surface area contributed by atoms with Crippen LogP contribution < -0.4 is 0 Å². The molecule has 1 aliphatic rings. The van der Waals surface area contributed by atoms with E-state index in [1.807, 2.05) is 0 Å². The van der Waals surface area contributed by atoms with Crippen LogP contribution in [0.15, 0.2) is 35.2 Å². The summed E-state index contributed by atoms with van der Waals surface area (Å²) in [7, 11) is -3.10. The molecule has 148 valence electrons. The third-order valence-corrected chi connectivity index (χ3v) is 6.42. The summed E-state index contributed by atoms with van der Waals surface area (Å²) in [6.45, 7) is 4.57. The van der Waals surface area contributed by atoms with Gasteiger partial charge in [-0.25, -0.2) is 8.42 Å². The lowest BCUT2D eigenvalue weighted by Crippen LogP contribution is -2.48. The maximum Gasteiger partial charge on any atom is 0.324 e. The smallest absolute Gasteiger partial charge is 0.324 e. The van der Waals surface area contributed by atoms with Crippen molar-refractivity contribution < 1.29 is 32.3 Å². The number of hydrogen-bond donors (Lipinski definition) is 0. The first-order valence-corrected chi connectivity index (χ1v) is 10.0. The zero-order chi connectivity index (χ0) is 20.4. The maximum absolute atomic E-state index is 13.2. The van der Waals surface area contributed by atoms with Crippen LogP contribution in [0.3, 0.4) is 0 Å². The fourth-order valence-electron chi connectivity index (χ4n) is 3.19. The summed E-state index contributed by atoms with van der Waals surface area (Å²) in [5, 5.41) is -1.68. The SMILES string of the molecule is COC(=O)C([C@H]1CC(=O)N(C(C)=O)[C@@H]1OC(C)C)S(=O)(=O)c1ccccc1. The largest absolute Gasteiger partial charge is 0.468 e. The maximum atomic E-state index is 13.2. The first-order valence-electron chi connectivity index (χ1n) is 8.46.